The molecule has 0 aromatic heterocycles. The van der Waals surface area contributed by atoms with Gasteiger partial charge in [0.15, 0.2) is 5.11 Å². The van der Waals surface area contributed by atoms with Gasteiger partial charge in [-0.1, -0.05) is 35.9 Å². The summed E-state index contributed by atoms with van der Waals surface area (Å²) in [7, 11) is 1.58. The number of hydrogen-bond acceptors (Lipinski definition) is 4. The summed E-state index contributed by atoms with van der Waals surface area (Å²) >= 11 is 10.9. The normalized spacial score (nSPS) is 10.2. The van der Waals surface area contributed by atoms with Crippen LogP contribution in [0.5, 0.6) is 5.75 Å². The molecule has 8 heteroatoms. The Kier molecular flexibility index (Phi) is 7.13. The number of nitrogens with one attached hydrogen (secondary N) is 3. The van der Waals surface area contributed by atoms with Crippen molar-refractivity contribution in [3.05, 3.63) is 70.8 Å². The van der Waals surface area contributed by atoms with E-state index in [1.165, 1.54) is 6.08 Å². The lowest BCUT2D eigenvalue weighted by Crippen LogP contribution is -2.48. The van der Waals surface area contributed by atoms with Crippen LogP contribution in [0.2, 0.25) is 5.02 Å². The summed E-state index contributed by atoms with van der Waals surface area (Å²) in [5.74, 6) is -0.183. The van der Waals surface area contributed by atoms with E-state index >= 15 is 0 Å². The maximum Gasteiger partial charge on any atom is 0.271 e. The number of thiocarbonyl (C=S) groups is 1. The van der Waals surface area contributed by atoms with E-state index in [9.17, 15) is 9.59 Å². The van der Waals surface area contributed by atoms with Crippen LogP contribution in [-0.4, -0.2) is 24.0 Å². The molecule has 134 valence electrons. The summed E-state index contributed by atoms with van der Waals surface area (Å²) < 4.78 is 5.06. The molecule has 2 rings (SSSR count). The number of carbonyl (C=O) groups excluding carboxylic acids is 2. The van der Waals surface area contributed by atoms with Crippen molar-refractivity contribution in [2.75, 3.05) is 7.11 Å². The molecule has 0 heterocycles. The van der Waals surface area contributed by atoms with Gasteiger partial charge in [-0.05, 0) is 48.1 Å². The molecule has 2 amide bonds. The highest BCUT2D eigenvalue weighted by Gasteiger charge is 2.09. The molecule has 2 aromatic carbocycles. The molecule has 0 aliphatic heterocycles. The van der Waals surface area contributed by atoms with Crippen molar-refractivity contribution in [3.8, 4) is 5.75 Å². The zero-order chi connectivity index (χ0) is 18.9. The topological polar surface area (TPSA) is 79.5 Å². The van der Waals surface area contributed by atoms with E-state index in [-0.39, 0.29) is 10.7 Å². The monoisotopic (exact) mass is 389 g/mol. The maximum absolute atomic E-state index is 12.0. The second-order valence-electron chi connectivity index (χ2n) is 4.98. The van der Waals surface area contributed by atoms with Gasteiger partial charge in [-0.2, -0.15) is 0 Å². The molecule has 0 fully saturated rings. The van der Waals surface area contributed by atoms with Gasteiger partial charge in [-0.15, -0.1) is 0 Å². The molecule has 0 aliphatic rings. The van der Waals surface area contributed by atoms with Crippen LogP contribution in [-0.2, 0) is 4.79 Å². The van der Waals surface area contributed by atoms with Crippen LogP contribution in [0.15, 0.2) is 54.6 Å². The molecule has 0 radical (unpaired) electrons. The first-order chi connectivity index (χ1) is 12.5. The number of hydrazine groups is 1. The predicted molar refractivity (Wildman–Crippen MR) is 105 cm³/mol. The van der Waals surface area contributed by atoms with E-state index in [0.29, 0.717) is 5.02 Å². The van der Waals surface area contributed by atoms with Gasteiger partial charge in [-0.25, -0.2) is 0 Å². The fourth-order valence-corrected chi connectivity index (χ4v) is 2.27. The Labute approximate surface area is 161 Å². The Hall–Kier alpha value is -2.90. The molecule has 3 N–H and O–H groups in total. The average molecular weight is 390 g/mol. The molecule has 2 aromatic rings. The molecule has 6 nitrogen and oxygen atoms in total. The lowest BCUT2D eigenvalue weighted by molar-refractivity contribution is -0.115. The second-order valence-corrected chi connectivity index (χ2v) is 5.80. The van der Waals surface area contributed by atoms with E-state index in [2.05, 4.69) is 16.2 Å². The quantitative estimate of drug-likeness (QED) is 0.425. The molecular formula is C18H16ClN3O3S. The number of ether oxygens (including phenoxy) is 1. The van der Waals surface area contributed by atoms with Gasteiger partial charge in [0, 0.05) is 6.08 Å². The number of amides is 2. The zero-order valence-electron chi connectivity index (χ0n) is 13.8. The Morgan fingerprint density at radius 2 is 1.77 bits per heavy atom. The Bertz CT molecular complexity index is 838. The Morgan fingerprint density at radius 3 is 2.42 bits per heavy atom. The summed E-state index contributed by atoms with van der Waals surface area (Å²) in [6.45, 7) is 0. The number of halogens is 1. The van der Waals surface area contributed by atoms with Crippen molar-refractivity contribution in [2.45, 2.75) is 0 Å². The molecule has 0 saturated heterocycles. The van der Waals surface area contributed by atoms with Crippen molar-refractivity contribution in [1.82, 2.24) is 16.2 Å². The van der Waals surface area contributed by atoms with Crippen LogP contribution in [0.25, 0.3) is 6.08 Å². The van der Waals surface area contributed by atoms with Crippen molar-refractivity contribution < 1.29 is 14.3 Å². The fraction of sp³-hybridized carbons (Fsp3) is 0.0556. The van der Waals surface area contributed by atoms with E-state index in [0.717, 1.165) is 11.3 Å². The van der Waals surface area contributed by atoms with Gasteiger partial charge in [0.1, 0.15) is 5.75 Å². The molecule has 26 heavy (non-hydrogen) atoms. The third kappa shape index (κ3) is 5.87. The number of rotatable bonds is 4. The highest BCUT2D eigenvalue weighted by molar-refractivity contribution is 7.80. The van der Waals surface area contributed by atoms with Gasteiger partial charge in [0.25, 0.3) is 5.91 Å². The third-order valence-corrected chi connectivity index (χ3v) is 3.72. The minimum atomic E-state index is -0.471. The SMILES string of the molecule is COc1ccc(C=CC(=O)NC(=S)NNC(=O)c2ccccc2Cl)cc1. The van der Waals surface area contributed by atoms with E-state index in [1.54, 1.807) is 49.6 Å². The van der Waals surface area contributed by atoms with Crippen LogP contribution in [0, 0.1) is 0 Å². The largest absolute Gasteiger partial charge is 0.497 e. The first-order valence-corrected chi connectivity index (χ1v) is 8.26. The first kappa shape index (κ1) is 19.4. The molecule has 0 bridgehead atoms. The summed E-state index contributed by atoms with van der Waals surface area (Å²) in [6.07, 6.45) is 2.95. The van der Waals surface area contributed by atoms with Crippen LogP contribution in [0.4, 0.5) is 0 Å². The minimum Gasteiger partial charge on any atom is -0.497 e. The lowest BCUT2D eigenvalue weighted by atomic mass is 10.2. The molecule has 0 aliphatic carbocycles. The van der Waals surface area contributed by atoms with Gasteiger partial charge >= 0.3 is 0 Å². The number of benzene rings is 2. The third-order valence-electron chi connectivity index (χ3n) is 3.19. The molecule has 0 saturated carbocycles. The van der Waals surface area contributed by atoms with Crippen molar-refractivity contribution >= 4 is 46.8 Å². The Balaban J connectivity index is 1.81. The smallest absolute Gasteiger partial charge is 0.271 e. The maximum atomic E-state index is 12.0. The molecule has 0 atom stereocenters. The zero-order valence-corrected chi connectivity index (χ0v) is 15.4. The van der Waals surface area contributed by atoms with Crippen molar-refractivity contribution in [1.29, 1.82) is 0 Å². The van der Waals surface area contributed by atoms with E-state index < -0.39 is 11.8 Å². The van der Waals surface area contributed by atoms with E-state index in [4.69, 9.17) is 28.6 Å². The number of hydrogen-bond donors (Lipinski definition) is 3. The van der Waals surface area contributed by atoms with Gasteiger partial charge in [0.2, 0.25) is 5.91 Å². The van der Waals surface area contributed by atoms with Gasteiger partial charge < -0.3 is 4.74 Å². The molecule has 0 unspecified atom stereocenters. The van der Waals surface area contributed by atoms with E-state index in [1.807, 2.05) is 12.1 Å². The predicted octanol–water partition coefficient (Wildman–Crippen LogP) is 2.70. The highest BCUT2D eigenvalue weighted by Crippen LogP contribution is 2.14. The standard InChI is InChI=1S/C18H16ClN3O3S/c1-25-13-9-6-12(7-10-13)8-11-16(23)20-18(26)22-21-17(24)14-4-2-3-5-15(14)19/h2-11H,1H3,(H,21,24)(H2,20,22,23,26). The summed E-state index contributed by atoms with van der Waals surface area (Å²) in [6, 6.07) is 13.8. The number of carbonyl (C=O) groups is 2. The molecular weight excluding hydrogens is 374 g/mol. The minimum absolute atomic E-state index is 0.0465. The summed E-state index contributed by atoms with van der Waals surface area (Å²) in [4.78, 5) is 23.8. The van der Waals surface area contributed by atoms with Gasteiger partial charge in [-0.3, -0.25) is 25.8 Å². The van der Waals surface area contributed by atoms with Crippen molar-refractivity contribution in [2.24, 2.45) is 0 Å². The second kappa shape index (κ2) is 9.55. The van der Waals surface area contributed by atoms with Crippen LogP contribution in [0.1, 0.15) is 15.9 Å². The fourth-order valence-electron chi connectivity index (χ4n) is 1.90. The Morgan fingerprint density at radius 1 is 1.08 bits per heavy atom. The van der Waals surface area contributed by atoms with Crippen LogP contribution in [0.3, 0.4) is 0 Å². The van der Waals surface area contributed by atoms with Crippen LogP contribution < -0.4 is 20.9 Å². The van der Waals surface area contributed by atoms with Crippen LogP contribution >= 0.6 is 23.8 Å². The molecule has 0 spiro atoms. The lowest BCUT2D eigenvalue weighted by Gasteiger charge is -2.10. The average Bonchev–Trinajstić information content (AvgIpc) is 2.65. The highest BCUT2D eigenvalue weighted by atomic mass is 35.5. The van der Waals surface area contributed by atoms with Crippen molar-refractivity contribution in [3.63, 3.8) is 0 Å². The summed E-state index contributed by atoms with van der Waals surface area (Å²) in [5.41, 5.74) is 5.92. The summed E-state index contributed by atoms with van der Waals surface area (Å²) in [5, 5.41) is 2.68. The number of methoxy groups -OCH3 is 1. The first-order valence-electron chi connectivity index (χ1n) is 7.47. The van der Waals surface area contributed by atoms with Gasteiger partial charge in [0.05, 0.1) is 17.7 Å².